The van der Waals surface area contributed by atoms with Gasteiger partial charge in [-0.15, -0.1) is 0 Å². The molecule has 3 N–H and O–H groups in total. The first kappa shape index (κ1) is 14.6. The van der Waals surface area contributed by atoms with Gasteiger partial charge in [0.15, 0.2) is 0 Å². The van der Waals surface area contributed by atoms with E-state index in [9.17, 15) is 18.0 Å². The Morgan fingerprint density at radius 2 is 1.96 bits per heavy atom. The minimum atomic E-state index is -1.39. The maximum atomic E-state index is 14.1. The van der Waals surface area contributed by atoms with E-state index in [1.807, 2.05) is 0 Å². The van der Waals surface area contributed by atoms with Gasteiger partial charge in [0, 0.05) is 28.6 Å². The fourth-order valence-corrected chi connectivity index (χ4v) is 2.95. The number of benzene rings is 2. The second-order valence-electron chi connectivity index (χ2n) is 5.34. The highest BCUT2D eigenvalue weighted by molar-refractivity contribution is 5.99. The van der Waals surface area contributed by atoms with Crippen molar-refractivity contribution in [1.29, 1.82) is 0 Å². The van der Waals surface area contributed by atoms with Gasteiger partial charge in [-0.1, -0.05) is 0 Å². The van der Waals surface area contributed by atoms with Crippen LogP contribution < -0.4 is 10.2 Å². The van der Waals surface area contributed by atoms with Gasteiger partial charge in [0.1, 0.15) is 23.2 Å². The van der Waals surface area contributed by atoms with Gasteiger partial charge in [0.25, 0.3) is 5.91 Å². The first-order chi connectivity index (χ1) is 11.5. The van der Waals surface area contributed by atoms with Crippen LogP contribution in [0.3, 0.4) is 0 Å². The van der Waals surface area contributed by atoms with Crippen molar-refractivity contribution in [2.45, 2.75) is 6.10 Å². The average molecular weight is 334 g/mol. The molecule has 0 spiro atoms. The lowest BCUT2D eigenvalue weighted by Gasteiger charge is -2.25. The summed E-state index contributed by atoms with van der Waals surface area (Å²) in [4.78, 5) is 14.7. The summed E-state index contributed by atoms with van der Waals surface area (Å²) < 4.78 is 46.6. The van der Waals surface area contributed by atoms with Crippen LogP contribution >= 0.6 is 0 Å². The number of hydrogen-bond acceptors (Lipinski definition) is 3. The molecular formula is C16H9F3N2O3. The summed E-state index contributed by atoms with van der Waals surface area (Å²) in [5.74, 6) is -3.16. The third-order valence-corrected chi connectivity index (χ3v) is 3.93. The molecule has 24 heavy (non-hydrogen) atoms. The summed E-state index contributed by atoms with van der Waals surface area (Å²) in [7, 11) is 0. The summed E-state index contributed by atoms with van der Waals surface area (Å²) in [6.07, 6.45) is -1.39. The van der Waals surface area contributed by atoms with Crippen LogP contribution in [0.25, 0.3) is 22.2 Å². The molecule has 0 aliphatic carbocycles. The van der Waals surface area contributed by atoms with Crippen molar-refractivity contribution < 1.29 is 27.9 Å². The van der Waals surface area contributed by atoms with Crippen LogP contribution in [0.5, 0.6) is 5.75 Å². The van der Waals surface area contributed by atoms with E-state index in [4.69, 9.17) is 9.94 Å². The molecule has 0 unspecified atom stereocenters. The molecule has 0 saturated carbocycles. The summed E-state index contributed by atoms with van der Waals surface area (Å²) in [5, 5.41) is 9.02. The molecule has 2 heterocycles. The topological polar surface area (TPSA) is 74.3 Å². The summed E-state index contributed by atoms with van der Waals surface area (Å²) >= 11 is 0. The van der Waals surface area contributed by atoms with E-state index in [1.54, 1.807) is 0 Å². The number of hydroxylamine groups is 1. The Balaban J connectivity index is 2.09. The number of halogens is 3. The lowest BCUT2D eigenvalue weighted by molar-refractivity contribution is -0.136. The van der Waals surface area contributed by atoms with Gasteiger partial charge in [-0.2, -0.15) is 0 Å². The minimum Gasteiger partial charge on any atom is -0.475 e. The van der Waals surface area contributed by atoms with Crippen LogP contribution in [0, 0.1) is 17.5 Å². The smallest absolute Gasteiger partial charge is 0.289 e. The fourth-order valence-electron chi connectivity index (χ4n) is 2.95. The number of carbonyl (C=O) groups is 1. The van der Waals surface area contributed by atoms with Crippen molar-refractivity contribution in [3.8, 4) is 17.0 Å². The number of ether oxygens (including phenoxy) is 1. The van der Waals surface area contributed by atoms with Crippen molar-refractivity contribution in [2.75, 3.05) is 0 Å². The summed E-state index contributed by atoms with van der Waals surface area (Å²) in [6, 6.07) is 5.42. The predicted molar refractivity (Wildman–Crippen MR) is 76.9 cm³/mol. The maximum Gasteiger partial charge on any atom is 0.289 e. The van der Waals surface area contributed by atoms with Gasteiger partial charge >= 0.3 is 0 Å². The van der Waals surface area contributed by atoms with E-state index < -0.39 is 29.5 Å². The second kappa shape index (κ2) is 5.00. The lowest BCUT2D eigenvalue weighted by Crippen LogP contribution is -2.31. The number of aromatic nitrogens is 1. The maximum absolute atomic E-state index is 14.1. The normalized spacial score (nSPS) is 15.6. The Morgan fingerprint density at radius 3 is 2.71 bits per heavy atom. The van der Waals surface area contributed by atoms with Crippen molar-refractivity contribution in [2.24, 2.45) is 0 Å². The number of hydrogen-bond donors (Lipinski definition) is 3. The van der Waals surface area contributed by atoms with Crippen LogP contribution in [0.4, 0.5) is 13.2 Å². The van der Waals surface area contributed by atoms with Gasteiger partial charge in [-0.05, 0) is 18.2 Å². The van der Waals surface area contributed by atoms with Crippen LogP contribution in [0.1, 0.15) is 11.7 Å². The average Bonchev–Trinajstić information content (AvgIpc) is 2.93. The van der Waals surface area contributed by atoms with Crippen LogP contribution in [-0.4, -0.2) is 16.1 Å². The number of rotatable bonds is 1. The predicted octanol–water partition coefficient (Wildman–Crippen LogP) is 3.19. The third kappa shape index (κ3) is 1.96. The molecular weight excluding hydrogens is 325 g/mol. The molecule has 0 bridgehead atoms. The largest absolute Gasteiger partial charge is 0.475 e. The van der Waals surface area contributed by atoms with Crippen molar-refractivity contribution in [1.82, 2.24) is 10.5 Å². The number of carbonyl (C=O) groups excluding carboxylic acids is 1. The lowest BCUT2D eigenvalue weighted by atomic mass is 9.96. The first-order valence-electron chi connectivity index (χ1n) is 6.90. The molecule has 0 saturated heterocycles. The molecule has 2 aromatic carbocycles. The Morgan fingerprint density at radius 1 is 1.17 bits per heavy atom. The molecule has 122 valence electrons. The second-order valence-corrected chi connectivity index (χ2v) is 5.34. The van der Waals surface area contributed by atoms with Crippen LogP contribution in [-0.2, 0) is 4.79 Å². The Hall–Kier alpha value is -3.00. The number of nitrogens with one attached hydrogen (secondary N) is 2. The van der Waals surface area contributed by atoms with Gasteiger partial charge in [-0.3, -0.25) is 10.0 Å². The Bertz CT molecular complexity index is 1000. The summed E-state index contributed by atoms with van der Waals surface area (Å²) in [5.41, 5.74) is 2.28. The van der Waals surface area contributed by atoms with Crippen molar-refractivity contribution in [3.63, 3.8) is 0 Å². The molecule has 0 radical (unpaired) electrons. The molecule has 4 rings (SSSR count). The standard InChI is InChI=1S/C16H9F3N2O3/c17-6-1-2-8-11(5-6)24-15(16(22)21-23)12-9-3-7(18)4-10(19)13(9)20-14(8)12/h1-5,15,20,23H,(H,21,22)/t15-/m1/s1. The van der Waals surface area contributed by atoms with E-state index in [2.05, 4.69) is 4.98 Å². The highest BCUT2D eigenvalue weighted by atomic mass is 19.1. The third-order valence-electron chi connectivity index (χ3n) is 3.93. The van der Waals surface area contributed by atoms with Crippen molar-refractivity contribution in [3.05, 3.63) is 53.3 Å². The number of fused-ring (bicyclic) bond motifs is 5. The minimum absolute atomic E-state index is 0.0158. The zero-order chi connectivity index (χ0) is 17.0. The van der Waals surface area contributed by atoms with Gasteiger partial charge in [0.2, 0.25) is 6.10 Å². The van der Waals surface area contributed by atoms with E-state index in [-0.39, 0.29) is 22.2 Å². The molecule has 1 atom stereocenters. The van der Waals surface area contributed by atoms with E-state index in [1.165, 1.54) is 17.6 Å². The molecule has 3 aromatic rings. The molecule has 0 fully saturated rings. The van der Waals surface area contributed by atoms with Crippen LogP contribution in [0.2, 0.25) is 0 Å². The number of aromatic amines is 1. The van der Waals surface area contributed by atoms with E-state index in [0.29, 0.717) is 17.3 Å². The molecule has 1 aliphatic heterocycles. The molecule has 1 aromatic heterocycles. The van der Waals surface area contributed by atoms with Gasteiger partial charge < -0.3 is 9.72 Å². The molecule has 1 amide bonds. The SMILES string of the molecule is O=C(NO)[C@@H]1Oc2cc(F)ccc2-c2[nH]c3c(F)cc(F)cc3c21. The van der Waals surface area contributed by atoms with Gasteiger partial charge in [0.05, 0.1) is 11.2 Å². The van der Waals surface area contributed by atoms with Crippen LogP contribution in [0.15, 0.2) is 30.3 Å². The van der Waals surface area contributed by atoms with Crippen molar-refractivity contribution >= 4 is 16.8 Å². The van der Waals surface area contributed by atoms with E-state index >= 15 is 0 Å². The quantitative estimate of drug-likeness (QED) is 0.473. The van der Waals surface area contributed by atoms with Gasteiger partial charge in [-0.25, -0.2) is 18.7 Å². The first-order valence-corrected chi connectivity index (χ1v) is 6.90. The molecule has 5 nitrogen and oxygen atoms in total. The van der Waals surface area contributed by atoms with E-state index in [0.717, 1.165) is 12.1 Å². The number of H-pyrrole nitrogens is 1. The highest BCUT2D eigenvalue weighted by Gasteiger charge is 2.35. The highest BCUT2D eigenvalue weighted by Crippen LogP contribution is 2.46. The number of amides is 1. The zero-order valence-corrected chi connectivity index (χ0v) is 11.9. The monoisotopic (exact) mass is 334 g/mol. The Labute approximate surface area is 132 Å². The Kier molecular flexibility index (Phi) is 3.04. The summed E-state index contributed by atoms with van der Waals surface area (Å²) in [6.45, 7) is 0. The molecule has 1 aliphatic rings. The molecule has 8 heteroatoms. The zero-order valence-electron chi connectivity index (χ0n) is 11.9. The fraction of sp³-hybridized carbons (Fsp3) is 0.0625.